The lowest BCUT2D eigenvalue weighted by Gasteiger charge is -2.20. The van der Waals surface area contributed by atoms with Crippen molar-refractivity contribution in [2.24, 2.45) is 7.05 Å². The molecule has 1 aromatic carbocycles. The molecule has 0 radical (unpaired) electrons. The average Bonchev–Trinajstić information content (AvgIpc) is 2.89. The molecule has 1 aromatic heterocycles. The van der Waals surface area contributed by atoms with E-state index in [0.29, 0.717) is 28.8 Å². The molecule has 0 fully saturated rings. The lowest BCUT2D eigenvalue weighted by Crippen LogP contribution is -2.13. The molecule has 10 heteroatoms. The highest BCUT2D eigenvalue weighted by Crippen LogP contribution is 2.35. The lowest BCUT2D eigenvalue weighted by molar-refractivity contribution is -0.385. The highest BCUT2D eigenvalue weighted by atomic mass is 32.2. The summed E-state index contributed by atoms with van der Waals surface area (Å²) in [5.74, 6) is 1.12. The number of fused-ring (bicyclic) bond motifs is 1. The minimum Gasteiger partial charge on any atom is -0.467 e. The number of hydrogen-bond donors (Lipinski definition) is 0. The fourth-order valence-corrected chi connectivity index (χ4v) is 2.80. The van der Waals surface area contributed by atoms with Crippen molar-refractivity contribution < 1.29 is 14.4 Å². The van der Waals surface area contributed by atoms with Crippen molar-refractivity contribution in [1.29, 1.82) is 0 Å². The first-order valence-corrected chi connectivity index (χ1v) is 6.99. The second-order valence-electron chi connectivity index (χ2n) is 4.33. The Bertz CT molecular complexity index is 689. The smallest absolute Gasteiger partial charge is 0.270 e. The van der Waals surface area contributed by atoms with Crippen LogP contribution in [0.1, 0.15) is 11.1 Å². The second-order valence-corrected chi connectivity index (χ2v) is 5.28. The van der Waals surface area contributed by atoms with E-state index in [0.717, 1.165) is 5.56 Å². The highest BCUT2D eigenvalue weighted by Gasteiger charge is 2.21. The van der Waals surface area contributed by atoms with Gasteiger partial charge >= 0.3 is 0 Å². The van der Waals surface area contributed by atoms with Crippen LogP contribution >= 0.6 is 11.8 Å². The number of non-ortho nitro benzene ring substituents is 1. The largest absolute Gasteiger partial charge is 0.467 e. The van der Waals surface area contributed by atoms with Crippen LogP contribution in [-0.2, 0) is 24.1 Å². The Kier molecular flexibility index (Phi) is 3.71. The maximum Gasteiger partial charge on any atom is 0.270 e. The molecule has 2 aromatic rings. The number of rotatable bonds is 4. The van der Waals surface area contributed by atoms with Gasteiger partial charge in [-0.1, -0.05) is 11.8 Å². The zero-order valence-electron chi connectivity index (χ0n) is 11.1. The summed E-state index contributed by atoms with van der Waals surface area (Å²) in [5.41, 5.74) is 1.44. The van der Waals surface area contributed by atoms with Gasteiger partial charge in [0.1, 0.15) is 5.75 Å². The molecule has 0 spiro atoms. The molecular weight excluding hydrogens is 298 g/mol. The van der Waals surface area contributed by atoms with Crippen LogP contribution in [0.15, 0.2) is 17.3 Å². The number of nitro groups is 1. The van der Waals surface area contributed by atoms with Crippen LogP contribution in [0.2, 0.25) is 0 Å². The number of aromatic nitrogens is 4. The number of benzene rings is 1. The monoisotopic (exact) mass is 309 g/mol. The summed E-state index contributed by atoms with van der Waals surface area (Å²) in [6.45, 7) is 0.453. The van der Waals surface area contributed by atoms with Gasteiger partial charge in [-0.3, -0.25) is 10.1 Å². The molecule has 0 saturated carbocycles. The first kappa shape index (κ1) is 13.8. The van der Waals surface area contributed by atoms with Gasteiger partial charge < -0.3 is 9.47 Å². The fourth-order valence-electron chi connectivity index (χ4n) is 1.98. The number of thioether (sulfide) groups is 1. The van der Waals surface area contributed by atoms with Crippen LogP contribution < -0.4 is 4.74 Å². The van der Waals surface area contributed by atoms with Crippen LogP contribution in [0, 0.1) is 10.1 Å². The number of aryl methyl sites for hydroxylation is 1. The van der Waals surface area contributed by atoms with E-state index >= 15 is 0 Å². The van der Waals surface area contributed by atoms with E-state index in [2.05, 4.69) is 15.5 Å². The van der Waals surface area contributed by atoms with Crippen molar-refractivity contribution in [3.05, 3.63) is 33.4 Å². The Labute approximate surface area is 123 Å². The third-order valence-corrected chi connectivity index (χ3v) is 3.98. The molecule has 1 aliphatic heterocycles. The molecule has 9 nitrogen and oxygen atoms in total. The van der Waals surface area contributed by atoms with Crippen molar-refractivity contribution >= 4 is 17.4 Å². The molecule has 0 amide bonds. The predicted octanol–water partition coefficient (Wildman–Crippen LogP) is 1.28. The van der Waals surface area contributed by atoms with Crippen LogP contribution in [0.3, 0.4) is 0 Å². The minimum atomic E-state index is -0.424. The Morgan fingerprint density at radius 2 is 2.38 bits per heavy atom. The average molecular weight is 309 g/mol. The first-order valence-electron chi connectivity index (χ1n) is 6.01. The van der Waals surface area contributed by atoms with Crippen molar-refractivity contribution in [3.63, 3.8) is 0 Å². The van der Waals surface area contributed by atoms with Gasteiger partial charge in [0, 0.05) is 36.1 Å². The summed E-state index contributed by atoms with van der Waals surface area (Å²) < 4.78 is 12.2. The third-order valence-electron chi connectivity index (χ3n) is 2.92. The second kappa shape index (κ2) is 5.66. The molecule has 110 valence electrons. The van der Waals surface area contributed by atoms with E-state index in [1.807, 2.05) is 0 Å². The summed E-state index contributed by atoms with van der Waals surface area (Å²) >= 11 is 1.38. The van der Waals surface area contributed by atoms with Gasteiger partial charge in [0.2, 0.25) is 5.16 Å². The van der Waals surface area contributed by atoms with Crippen molar-refractivity contribution in [3.8, 4) is 5.75 Å². The Hall–Kier alpha value is -2.20. The summed E-state index contributed by atoms with van der Waals surface area (Å²) in [4.78, 5) is 10.6. The molecule has 0 unspecified atom stereocenters. The predicted molar refractivity (Wildman–Crippen MR) is 71.7 cm³/mol. The van der Waals surface area contributed by atoms with E-state index in [-0.39, 0.29) is 12.5 Å². The topological polar surface area (TPSA) is 105 Å². The van der Waals surface area contributed by atoms with E-state index < -0.39 is 4.92 Å². The molecule has 2 heterocycles. The molecule has 0 bridgehead atoms. The number of ether oxygens (including phenoxy) is 2. The summed E-state index contributed by atoms with van der Waals surface area (Å²) in [5, 5.41) is 22.8. The molecular formula is C11H11N5O4S. The van der Waals surface area contributed by atoms with Gasteiger partial charge in [0.25, 0.3) is 5.69 Å². The Morgan fingerprint density at radius 1 is 1.52 bits per heavy atom. The number of nitro benzene ring substituents is 1. The van der Waals surface area contributed by atoms with Crippen molar-refractivity contribution in [2.45, 2.75) is 17.5 Å². The molecule has 0 N–H and O–H groups in total. The third kappa shape index (κ3) is 2.81. The van der Waals surface area contributed by atoms with Crippen LogP contribution in [0.4, 0.5) is 5.69 Å². The maximum absolute atomic E-state index is 11.0. The normalized spacial score (nSPS) is 13.6. The Morgan fingerprint density at radius 3 is 3.10 bits per heavy atom. The van der Waals surface area contributed by atoms with Gasteiger partial charge in [0.05, 0.1) is 11.5 Å². The minimum absolute atomic E-state index is 0.0227. The molecule has 0 aliphatic carbocycles. The summed E-state index contributed by atoms with van der Waals surface area (Å²) in [6, 6.07) is 2.99. The fraction of sp³-hybridized carbons (Fsp3) is 0.364. The van der Waals surface area contributed by atoms with E-state index in [1.54, 1.807) is 11.7 Å². The van der Waals surface area contributed by atoms with Crippen molar-refractivity contribution in [2.75, 3.05) is 6.79 Å². The maximum atomic E-state index is 11.0. The van der Waals surface area contributed by atoms with Gasteiger partial charge in [-0.25, -0.2) is 4.68 Å². The van der Waals surface area contributed by atoms with E-state index in [1.165, 1.54) is 23.9 Å². The summed E-state index contributed by atoms with van der Waals surface area (Å²) in [6.07, 6.45) is 0. The first-order chi connectivity index (χ1) is 10.1. The number of tetrazole rings is 1. The quantitative estimate of drug-likeness (QED) is 0.472. The van der Waals surface area contributed by atoms with Crippen molar-refractivity contribution in [1.82, 2.24) is 20.2 Å². The van der Waals surface area contributed by atoms with Gasteiger partial charge in [-0.05, 0) is 10.4 Å². The van der Waals surface area contributed by atoms with E-state index in [9.17, 15) is 10.1 Å². The molecule has 1 aliphatic rings. The number of nitrogens with zero attached hydrogens (tertiary/aromatic N) is 5. The SMILES string of the molecule is Cn1nnnc1SCc1cc([N+](=O)[O-])cc2c1OCOC2. The van der Waals surface area contributed by atoms with Crippen LogP contribution in [0.25, 0.3) is 0 Å². The van der Waals surface area contributed by atoms with E-state index in [4.69, 9.17) is 9.47 Å². The van der Waals surface area contributed by atoms with Gasteiger partial charge in [0.15, 0.2) is 6.79 Å². The summed E-state index contributed by atoms with van der Waals surface area (Å²) in [7, 11) is 1.73. The lowest BCUT2D eigenvalue weighted by atomic mass is 10.1. The standard InChI is InChI=1S/C11H11N5O4S/c1-15-11(12-13-14-15)21-5-8-3-9(16(17)18)2-7-4-19-6-20-10(7)8/h2-3H,4-6H2,1H3. The Balaban J connectivity index is 1.90. The molecule has 3 rings (SSSR count). The van der Waals surface area contributed by atoms with Crippen LogP contribution in [-0.4, -0.2) is 31.9 Å². The van der Waals surface area contributed by atoms with Gasteiger partial charge in [-0.15, -0.1) is 5.10 Å². The highest BCUT2D eigenvalue weighted by molar-refractivity contribution is 7.98. The van der Waals surface area contributed by atoms with Gasteiger partial charge in [-0.2, -0.15) is 0 Å². The number of hydrogen-bond acceptors (Lipinski definition) is 8. The van der Waals surface area contributed by atoms with Crippen LogP contribution in [0.5, 0.6) is 5.75 Å². The zero-order valence-corrected chi connectivity index (χ0v) is 11.9. The molecule has 0 saturated heterocycles. The zero-order chi connectivity index (χ0) is 14.8. The molecule has 0 atom stereocenters. The molecule has 21 heavy (non-hydrogen) atoms.